The molecule has 1 rings (SSSR count). The molecule has 0 aromatic heterocycles. The average molecular weight is 254 g/mol. The average Bonchev–Trinajstić information content (AvgIpc) is 2.32. The van der Waals surface area contributed by atoms with Gasteiger partial charge >= 0.3 is 0 Å². The lowest BCUT2D eigenvalue weighted by atomic mass is 10.2. The van der Waals surface area contributed by atoms with Gasteiger partial charge in [0, 0.05) is 18.5 Å². The Morgan fingerprint density at radius 3 is 2.76 bits per heavy atom. The van der Waals surface area contributed by atoms with Crippen molar-refractivity contribution in [3.63, 3.8) is 0 Å². The Kier molecular flexibility index (Phi) is 6.22. The van der Waals surface area contributed by atoms with Crippen LogP contribution in [0.1, 0.15) is 12.5 Å². The summed E-state index contributed by atoms with van der Waals surface area (Å²) in [6.07, 6.45) is 2.01. The normalized spacial score (nSPS) is 10.6. The fraction of sp³-hybridized carbons (Fsp3) is 0.538. The van der Waals surface area contributed by atoms with Gasteiger partial charge in [0.15, 0.2) is 0 Å². The summed E-state index contributed by atoms with van der Waals surface area (Å²) in [5, 5.41) is 0. The Hall–Kier alpha value is -0.870. The first kappa shape index (κ1) is 14.2. The molecule has 0 heterocycles. The maximum Gasteiger partial charge on any atom is 0.122 e. The van der Waals surface area contributed by atoms with Crippen molar-refractivity contribution >= 4 is 17.6 Å². The number of nitrogens with zero attached hydrogens (tertiary/aromatic N) is 1. The molecule has 1 N–H and O–H groups in total. The number of benzene rings is 1. The predicted octanol–water partition coefficient (Wildman–Crippen LogP) is 3.02. The molecular weight excluding hydrogens is 232 g/mol. The van der Waals surface area contributed by atoms with Crippen molar-refractivity contribution in [1.82, 2.24) is 4.90 Å². The fourth-order valence-corrected chi connectivity index (χ4v) is 1.82. The largest absolute Gasteiger partial charge is 0.492 e. The third kappa shape index (κ3) is 4.88. The minimum atomic E-state index is 0.737. The molecule has 96 valence electrons. The van der Waals surface area contributed by atoms with Crippen molar-refractivity contribution in [2.24, 2.45) is 0 Å². The number of hydrogen-bond donors (Lipinski definition) is 1. The Bertz CT molecular complexity index is 344. The lowest BCUT2D eigenvalue weighted by Gasteiger charge is -2.15. The molecular formula is C13H22N2OS. The monoisotopic (exact) mass is 254 g/mol. The van der Waals surface area contributed by atoms with Crippen molar-refractivity contribution in [3.8, 4) is 5.75 Å². The summed E-state index contributed by atoms with van der Waals surface area (Å²) in [4.78, 5) is 2.24. The molecule has 0 amide bonds. The molecule has 0 radical (unpaired) electrons. The molecule has 0 spiro atoms. The SMILES string of the molecule is CCN(C)CCOc1ccc(NSC)cc1C. The van der Waals surface area contributed by atoms with E-state index in [4.69, 9.17) is 4.74 Å². The van der Waals surface area contributed by atoms with E-state index in [9.17, 15) is 0 Å². The van der Waals surface area contributed by atoms with E-state index in [1.54, 1.807) is 11.9 Å². The van der Waals surface area contributed by atoms with Crippen LogP contribution in [0.15, 0.2) is 18.2 Å². The number of likely N-dealkylation sites (N-methyl/N-ethyl adjacent to an activating group) is 1. The number of anilines is 1. The number of hydrogen-bond acceptors (Lipinski definition) is 4. The van der Waals surface area contributed by atoms with Gasteiger partial charge in [-0.2, -0.15) is 0 Å². The van der Waals surface area contributed by atoms with E-state index < -0.39 is 0 Å². The second kappa shape index (κ2) is 7.45. The number of aryl methyl sites for hydroxylation is 1. The Labute approximate surface area is 109 Å². The summed E-state index contributed by atoms with van der Waals surface area (Å²) in [6, 6.07) is 6.18. The summed E-state index contributed by atoms with van der Waals surface area (Å²) < 4.78 is 8.98. The van der Waals surface area contributed by atoms with Crippen LogP contribution in [-0.2, 0) is 0 Å². The summed E-state index contributed by atoms with van der Waals surface area (Å²) >= 11 is 1.60. The summed E-state index contributed by atoms with van der Waals surface area (Å²) in [7, 11) is 2.10. The standard InChI is InChI=1S/C13H22N2OS/c1-5-15(3)8-9-16-13-7-6-12(14-17-4)10-11(13)2/h6-7,10,14H,5,8-9H2,1-4H3. The van der Waals surface area contributed by atoms with Crippen LogP contribution in [0.2, 0.25) is 0 Å². The molecule has 4 heteroatoms. The molecule has 0 aliphatic rings. The van der Waals surface area contributed by atoms with Gasteiger partial charge < -0.3 is 14.4 Å². The first-order valence-corrected chi connectivity index (χ1v) is 7.10. The van der Waals surface area contributed by atoms with E-state index in [0.717, 1.165) is 31.1 Å². The Balaban J connectivity index is 2.48. The molecule has 17 heavy (non-hydrogen) atoms. The van der Waals surface area contributed by atoms with E-state index in [2.05, 4.69) is 36.6 Å². The Morgan fingerprint density at radius 1 is 1.41 bits per heavy atom. The van der Waals surface area contributed by atoms with Gasteiger partial charge in [-0.3, -0.25) is 0 Å². The van der Waals surface area contributed by atoms with Gasteiger partial charge in [-0.25, -0.2) is 0 Å². The van der Waals surface area contributed by atoms with E-state index in [-0.39, 0.29) is 0 Å². The van der Waals surface area contributed by atoms with Crippen molar-refractivity contribution in [2.45, 2.75) is 13.8 Å². The summed E-state index contributed by atoms with van der Waals surface area (Å²) in [5.41, 5.74) is 2.29. The lowest BCUT2D eigenvalue weighted by Crippen LogP contribution is -2.23. The van der Waals surface area contributed by atoms with E-state index >= 15 is 0 Å². The van der Waals surface area contributed by atoms with Crippen LogP contribution in [0.3, 0.4) is 0 Å². The molecule has 1 aromatic carbocycles. The summed E-state index contributed by atoms with van der Waals surface area (Å²) in [5.74, 6) is 0.973. The molecule has 0 saturated heterocycles. The van der Waals surface area contributed by atoms with Gasteiger partial charge in [0.2, 0.25) is 0 Å². The maximum absolute atomic E-state index is 5.77. The Morgan fingerprint density at radius 2 is 2.18 bits per heavy atom. The first-order valence-electron chi connectivity index (χ1n) is 5.88. The smallest absolute Gasteiger partial charge is 0.122 e. The minimum Gasteiger partial charge on any atom is -0.492 e. The summed E-state index contributed by atoms with van der Waals surface area (Å²) in [6.45, 7) is 6.97. The maximum atomic E-state index is 5.77. The van der Waals surface area contributed by atoms with Crippen molar-refractivity contribution in [2.75, 3.05) is 37.7 Å². The van der Waals surface area contributed by atoms with Gasteiger partial charge in [-0.1, -0.05) is 18.9 Å². The van der Waals surface area contributed by atoms with Crippen molar-refractivity contribution in [1.29, 1.82) is 0 Å². The first-order chi connectivity index (χ1) is 8.17. The van der Waals surface area contributed by atoms with Crippen molar-refractivity contribution in [3.05, 3.63) is 23.8 Å². The van der Waals surface area contributed by atoms with Gasteiger partial charge in [-0.05, 0) is 44.3 Å². The molecule has 1 aromatic rings. The number of ether oxygens (including phenoxy) is 1. The zero-order chi connectivity index (χ0) is 12.7. The molecule has 0 saturated carbocycles. The van der Waals surface area contributed by atoms with Crippen LogP contribution in [0.4, 0.5) is 5.69 Å². The highest BCUT2D eigenvalue weighted by Crippen LogP contribution is 2.23. The van der Waals surface area contributed by atoms with Gasteiger partial charge in [0.25, 0.3) is 0 Å². The quantitative estimate of drug-likeness (QED) is 0.756. The van der Waals surface area contributed by atoms with Gasteiger partial charge in [0.1, 0.15) is 12.4 Å². The van der Waals surface area contributed by atoms with Crippen LogP contribution in [-0.4, -0.2) is 37.9 Å². The fourth-order valence-electron chi connectivity index (χ4n) is 1.46. The third-order valence-corrected chi connectivity index (χ3v) is 3.11. The van der Waals surface area contributed by atoms with Gasteiger partial charge in [-0.15, -0.1) is 0 Å². The highest BCUT2D eigenvalue weighted by molar-refractivity contribution is 7.99. The second-order valence-electron chi connectivity index (χ2n) is 4.03. The van der Waals surface area contributed by atoms with E-state index in [0.29, 0.717) is 0 Å². The molecule has 0 aliphatic carbocycles. The number of rotatable bonds is 7. The highest BCUT2D eigenvalue weighted by atomic mass is 32.2. The minimum absolute atomic E-state index is 0.737. The van der Waals surface area contributed by atoms with Crippen LogP contribution in [0, 0.1) is 6.92 Å². The topological polar surface area (TPSA) is 24.5 Å². The highest BCUT2D eigenvalue weighted by Gasteiger charge is 2.01. The molecule has 0 atom stereocenters. The second-order valence-corrected chi connectivity index (χ2v) is 4.64. The zero-order valence-corrected chi connectivity index (χ0v) is 11.9. The van der Waals surface area contributed by atoms with Gasteiger partial charge in [0.05, 0.1) is 0 Å². The molecule has 0 aliphatic heterocycles. The van der Waals surface area contributed by atoms with E-state index in [1.165, 1.54) is 5.56 Å². The van der Waals surface area contributed by atoms with Crippen LogP contribution < -0.4 is 9.46 Å². The molecule has 0 fully saturated rings. The molecule has 0 unspecified atom stereocenters. The molecule has 3 nitrogen and oxygen atoms in total. The third-order valence-electron chi connectivity index (χ3n) is 2.67. The lowest BCUT2D eigenvalue weighted by molar-refractivity contribution is 0.243. The zero-order valence-electron chi connectivity index (χ0n) is 11.1. The van der Waals surface area contributed by atoms with Crippen molar-refractivity contribution < 1.29 is 4.74 Å². The number of nitrogens with one attached hydrogen (secondary N) is 1. The van der Waals surface area contributed by atoms with E-state index in [1.807, 2.05) is 18.4 Å². The van der Waals surface area contributed by atoms with Crippen LogP contribution >= 0.6 is 11.9 Å². The van der Waals surface area contributed by atoms with Crippen LogP contribution in [0.5, 0.6) is 5.75 Å². The molecule has 0 bridgehead atoms. The van der Waals surface area contributed by atoms with Crippen LogP contribution in [0.25, 0.3) is 0 Å². The predicted molar refractivity (Wildman–Crippen MR) is 77.0 cm³/mol.